The third-order valence-corrected chi connectivity index (χ3v) is 5.31. The average Bonchev–Trinajstić information content (AvgIpc) is 2.70. The zero-order valence-corrected chi connectivity index (χ0v) is 15.1. The van der Waals surface area contributed by atoms with Crippen LogP contribution in [-0.4, -0.2) is 17.6 Å². The first kappa shape index (κ1) is 17.0. The van der Waals surface area contributed by atoms with Crippen LogP contribution in [0.5, 0.6) is 5.75 Å². The number of aromatic nitrogens is 1. The molecule has 0 amide bonds. The van der Waals surface area contributed by atoms with E-state index in [1.54, 1.807) is 0 Å². The van der Waals surface area contributed by atoms with Crippen LogP contribution in [0.15, 0.2) is 67.0 Å². The van der Waals surface area contributed by atoms with Crippen LogP contribution in [0.2, 0.25) is 0 Å². The topological polar surface area (TPSA) is 34.1 Å². The molecule has 3 nitrogen and oxygen atoms in total. The van der Waals surface area contributed by atoms with Crippen molar-refractivity contribution in [3.8, 4) is 5.75 Å². The summed E-state index contributed by atoms with van der Waals surface area (Å²) in [6, 6.07) is 19.0. The van der Waals surface area contributed by atoms with E-state index in [1.165, 1.54) is 23.8 Å². The Morgan fingerprint density at radius 1 is 0.923 bits per heavy atom. The van der Waals surface area contributed by atoms with Crippen LogP contribution in [0.1, 0.15) is 31.2 Å². The first-order chi connectivity index (χ1) is 12.9. The van der Waals surface area contributed by atoms with Gasteiger partial charge in [-0.2, -0.15) is 0 Å². The van der Waals surface area contributed by atoms with Crippen molar-refractivity contribution in [2.75, 3.05) is 6.54 Å². The Labute approximate surface area is 155 Å². The van der Waals surface area contributed by atoms with Crippen molar-refractivity contribution in [2.45, 2.75) is 38.3 Å². The van der Waals surface area contributed by atoms with Crippen molar-refractivity contribution < 1.29 is 4.74 Å². The SMILES string of the molecule is c1ccc(CNCC2CCC(Oc3ccc4cnccc4c3)CC2)cc1. The van der Waals surface area contributed by atoms with Gasteiger partial charge in [0.1, 0.15) is 5.75 Å². The normalized spacial score (nSPS) is 20.2. The lowest BCUT2D eigenvalue weighted by atomic mass is 9.87. The Morgan fingerprint density at radius 2 is 1.77 bits per heavy atom. The molecule has 1 aliphatic rings. The van der Waals surface area contributed by atoms with Crippen LogP contribution in [0.4, 0.5) is 0 Å². The lowest BCUT2D eigenvalue weighted by Crippen LogP contribution is -2.30. The van der Waals surface area contributed by atoms with E-state index >= 15 is 0 Å². The molecule has 0 bridgehead atoms. The van der Waals surface area contributed by atoms with Gasteiger partial charge in [0.2, 0.25) is 0 Å². The van der Waals surface area contributed by atoms with Crippen LogP contribution in [0.3, 0.4) is 0 Å². The molecule has 0 unspecified atom stereocenters. The number of hydrogen-bond acceptors (Lipinski definition) is 3. The first-order valence-electron chi connectivity index (χ1n) is 9.62. The lowest BCUT2D eigenvalue weighted by Gasteiger charge is -2.29. The van der Waals surface area contributed by atoms with E-state index in [1.807, 2.05) is 18.5 Å². The highest BCUT2D eigenvalue weighted by Crippen LogP contribution is 2.28. The van der Waals surface area contributed by atoms with Crippen LogP contribution >= 0.6 is 0 Å². The molecule has 1 saturated carbocycles. The van der Waals surface area contributed by atoms with Crippen molar-refractivity contribution in [3.05, 3.63) is 72.6 Å². The number of nitrogens with one attached hydrogen (secondary N) is 1. The fourth-order valence-electron chi connectivity index (χ4n) is 3.80. The van der Waals surface area contributed by atoms with Crippen LogP contribution in [-0.2, 0) is 6.54 Å². The molecule has 4 rings (SSSR count). The smallest absolute Gasteiger partial charge is 0.120 e. The van der Waals surface area contributed by atoms with Crippen molar-refractivity contribution in [1.82, 2.24) is 10.3 Å². The number of nitrogens with zero attached hydrogens (tertiary/aromatic N) is 1. The van der Waals surface area contributed by atoms with Gasteiger partial charge >= 0.3 is 0 Å². The maximum absolute atomic E-state index is 6.24. The minimum atomic E-state index is 0.347. The van der Waals surface area contributed by atoms with Crippen LogP contribution in [0.25, 0.3) is 10.8 Å². The summed E-state index contributed by atoms with van der Waals surface area (Å²) >= 11 is 0. The second-order valence-corrected chi connectivity index (χ2v) is 7.26. The molecule has 0 aliphatic heterocycles. The molecule has 134 valence electrons. The van der Waals surface area contributed by atoms with E-state index in [2.05, 4.69) is 58.8 Å². The highest BCUT2D eigenvalue weighted by Gasteiger charge is 2.22. The lowest BCUT2D eigenvalue weighted by molar-refractivity contribution is 0.130. The van der Waals surface area contributed by atoms with Crippen molar-refractivity contribution in [1.29, 1.82) is 0 Å². The van der Waals surface area contributed by atoms with E-state index in [0.717, 1.165) is 43.0 Å². The van der Waals surface area contributed by atoms with Crippen molar-refractivity contribution in [2.24, 2.45) is 5.92 Å². The number of hydrogen-bond donors (Lipinski definition) is 1. The zero-order valence-electron chi connectivity index (χ0n) is 15.1. The fraction of sp³-hybridized carbons (Fsp3) is 0.348. The van der Waals surface area contributed by atoms with E-state index < -0.39 is 0 Å². The van der Waals surface area contributed by atoms with Crippen LogP contribution < -0.4 is 10.1 Å². The minimum absolute atomic E-state index is 0.347. The van der Waals surface area contributed by atoms with E-state index in [4.69, 9.17) is 4.74 Å². The fourth-order valence-corrected chi connectivity index (χ4v) is 3.80. The molecule has 1 aromatic heterocycles. The van der Waals surface area contributed by atoms with E-state index in [0.29, 0.717) is 6.10 Å². The molecule has 0 atom stereocenters. The summed E-state index contributed by atoms with van der Waals surface area (Å²) in [5.74, 6) is 1.75. The predicted molar refractivity (Wildman–Crippen MR) is 106 cm³/mol. The summed E-state index contributed by atoms with van der Waals surface area (Å²) in [6.07, 6.45) is 8.85. The highest BCUT2D eigenvalue weighted by molar-refractivity contribution is 5.82. The van der Waals surface area contributed by atoms with Crippen molar-refractivity contribution in [3.63, 3.8) is 0 Å². The number of pyridine rings is 1. The molecule has 1 heterocycles. The van der Waals surface area contributed by atoms with Crippen molar-refractivity contribution >= 4 is 10.8 Å². The molecule has 1 aliphatic carbocycles. The Balaban J connectivity index is 1.23. The zero-order chi connectivity index (χ0) is 17.6. The maximum atomic E-state index is 6.24. The molecule has 0 spiro atoms. The van der Waals surface area contributed by atoms with Gasteiger partial charge < -0.3 is 10.1 Å². The second kappa shape index (κ2) is 8.33. The Morgan fingerprint density at radius 3 is 2.62 bits per heavy atom. The summed E-state index contributed by atoms with van der Waals surface area (Å²) in [5, 5.41) is 5.96. The van der Waals surface area contributed by atoms with E-state index in [-0.39, 0.29) is 0 Å². The second-order valence-electron chi connectivity index (χ2n) is 7.26. The van der Waals surface area contributed by atoms with Gasteiger partial charge in [-0.3, -0.25) is 4.98 Å². The maximum Gasteiger partial charge on any atom is 0.120 e. The molecule has 0 radical (unpaired) electrons. The molecular formula is C23H26N2O. The average molecular weight is 346 g/mol. The van der Waals surface area contributed by atoms with Gasteiger partial charge in [-0.25, -0.2) is 0 Å². The third-order valence-electron chi connectivity index (χ3n) is 5.31. The minimum Gasteiger partial charge on any atom is -0.490 e. The number of fused-ring (bicyclic) bond motifs is 1. The van der Waals surface area contributed by atoms with Gasteiger partial charge in [-0.1, -0.05) is 30.3 Å². The summed E-state index contributed by atoms with van der Waals surface area (Å²) in [6.45, 7) is 2.06. The number of rotatable bonds is 6. The van der Waals surface area contributed by atoms with Gasteiger partial charge in [-0.05, 0) is 73.4 Å². The molecular weight excluding hydrogens is 320 g/mol. The molecule has 26 heavy (non-hydrogen) atoms. The first-order valence-corrected chi connectivity index (χ1v) is 9.62. The largest absolute Gasteiger partial charge is 0.490 e. The van der Waals surface area contributed by atoms with Gasteiger partial charge in [0.15, 0.2) is 0 Å². The molecule has 2 aromatic carbocycles. The Hall–Kier alpha value is -2.39. The predicted octanol–water partition coefficient (Wildman–Crippen LogP) is 4.96. The summed E-state index contributed by atoms with van der Waals surface area (Å²) < 4.78 is 6.24. The molecule has 3 aromatic rings. The monoisotopic (exact) mass is 346 g/mol. The quantitative estimate of drug-likeness (QED) is 0.685. The van der Waals surface area contributed by atoms with Gasteiger partial charge in [0.05, 0.1) is 6.10 Å². The van der Waals surface area contributed by atoms with Crippen LogP contribution in [0, 0.1) is 5.92 Å². The Bertz CT molecular complexity index is 826. The highest BCUT2D eigenvalue weighted by atomic mass is 16.5. The van der Waals surface area contributed by atoms with Gasteiger partial charge in [0.25, 0.3) is 0 Å². The van der Waals surface area contributed by atoms with E-state index in [9.17, 15) is 0 Å². The summed E-state index contributed by atoms with van der Waals surface area (Å²) in [5.41, 5.74) is 1.36. The Kier molecular flexibility index (Phi) is 5.46. The number of benzene rings is 2. The molecule has 1 N–H and O–H groups in total. The van der Waals surface area contributed by atoms with Gasteiger partial charge in [0, 0.05) is 24.3 Å². The van der Waals surface area contributed by atoms with Gasteiger partial charge in [-0.15, -0.1) is 0 Å². The number of ether oxygens (including phenoxy) is 1. The standard InChI is InChI=1S/C23H26N2O/c1-2-4-18(5-3-1)15-25-16-19-6-9-22(10-7-19)26-23-11-8-21-17-24-13-12-20(21)14-23/h1-5,8,11-14,17,19,22,25H,6-7,9-10,15-16H2. The summed E-state index contributed by atoms with van der Waals surface area (Å²) in [4.78, 5) is 4.16. The molecule has 1 fully saturated rings. The summed E-state index contributed by atoms with van der Waals surface area (Å²) in [7, 11) is 0. The molecule has 3 heteroatoms. The third kappa shape index (κ3) is 4.41. The molecule has 0 saturated heterocycles.